The van der Waals surface area contributed by atoms with Crippen LogP contribution in [0.4, 0.5) is 10.1 Å². The van der Waals surface area contributed by atoms with Gasteiger partial charge in [-0.1, -0.05) is 28.1 Å². The van der Waals surface area contributed by atoms with Gasteiger partial charge in [-0.2, -0.15) is 0 Å². The van der Waals surface area contributed by atoms with Crippen LogP contribution in [0, 0.1) is 33.5 Å². The lowest BCUT2D eigenvalue weighted by Gasteiger charge is -2.30. The SMILES string of the molecule is Cc1cccc(N2C(=O)/C(=C/c3cc(C)n(-c4ccc(Br)cc4F)c3C)C(=O)NC2=S)c1C. The van der Waals surface area contributed by atoms with Crippen molar-refractivity contribution < 1.29 is 14.0 Å². The van der Waals surface area contributed by atoms with E-state index in [0.29, 0.717) is 27.1 Å². The van der Waals surface area contributed by atoms with Gasteiger partial charge in [0.1, 0.15) is 11.4 Å². The lowest BCUT2D eigenvalue weighted by molar-refractivity contribution is -0.122. The third-order valence-corrected chi connectivity index (χ3v) is 6.62. The molecule has 1 saturated heterocycles. The molecule has 0 spiro atoms. The highest BCUT2D eigenvalue weighted by Crippen LogP contribution is 2.29. The van der Waals surface area contributed by atoms with Crippen LogP contribution in [0.3, 0.4) is 0 Å². The number of carbonyl (C=O) groups excluding carboxylic acids is 2. The molecule has 4 rings (SSSR count). The molecule has 1 fully saturated rings. The third kappa shape index (κ3) is 4.05. The number of carbonyl (C=O) groups is 2. The Kier molecular flexibility index (Phi) is 6.07. The van der Waals surface area contributed by atoms with Crippen LogP contribution < -0.4 is 10.2 Å². The molecule has 2 aromatic carbocycles. The summed E-state index contributed by atoms with van der Waals surface area (Å²) < 4.78 is 17.0. The zero-order chi connectivity index (χ0) is 24.0. The van der Waals surface area contributed by atoms with Crippen LogP contribution in [0.2, 0.25) is 0 Å². The second kappa shape index (κ2) is 8.68. The molecule has 168 valence electrons. The second-order valence-electron chi connectivity index (χ2n) is 7.93. The summed E-state index contributed by atoms with van der Waals surface area (Å²) >= 11 is 8.59. The molecule has 1 N–H and O–H groups in total. The molecule has 0 bridgehead atoms. The summed E-state index contributed by atoms with van der Waals surface area (Å²) in [5.74, 6) is -1.45. The molecular formula is C25H21BrFN3O2S. The van der Waals surface area contributed by atoms with Gasteiger partial charge in [0.05, 0.1) is 11.4 Å². The minimum absolute atomic E-state index is 0.0401. The molecule has 0 saturated carbocycles. The summed E-state index contributed by atoms with van der Waals surface area (Å²) in [6.45, 7) is 7.51. The van der Waals surface area contributed by atoms with Crippen molar-refractivity contribution in [3.05, 3.63) is 86.4 Å². The molecule has 0 aliphatic carbocycles. The van der Waals surface area contributed by atoms with Crippen LogP contribution in [0.25, 0.3) is 11.8 Å². The maximum absolute atomic E-state index is 14.6. The van der Waals surface area contributed by atoms with Crippen molar-refractivity contribution in [3.63, 3.8) is 0 Å². The first-order chi connectivity index (χ1) is 15.6. The van der Waals surface area contributed by atoms with E-state index < -0.39 is 11.8 Å². The first-order valence-corrected chi connectivity index (χ1v) is 11.4. The topological polar surface area (TPSA) is 54.3 Å². The maximum atomic E-state index is 14.6. The summed E-state index contributed by atoms with van der Waals surface area (Å²) in [4.78, 5) is 27.5. The number of amides is 2. The minimum Gasteiger partial charge on any atom is -0.315 e. The number of benzene rings is 2. The van der Waals surface area contributed by atoms with E-state index in [9.17, 15) is 14.0 Å². The van der Waals surface area contributed by atoms with Crippen LogP contribution in [0.5, 0.6) is 0 Å². The Morgan fingerprint density at radius 3 is 2.45 bits per heavy atom. The summed E-state index contributed by atoms with van der Waals surface area (Å²) in [6.07, 6.45) is 1.53. The number of thiocarbonyl (C=S) groups is 1. The van der Waals surface area contributed by atoms with Gasteiger partial charge < -0.3 is 4.57 Å². The number of halogens is 2. The van der Waals surface area contributed by atoms with Crippen LogP contribution in [0.1, 0.15) is 28.1 Å². The molecule has 2 heterocycles. The fourth-order valence-corrected chi connectivity index (χ4v) is 4.58. The maximum Gasteiger partial charge on any atom is 0.270 e. The molecule has 3 aromatic rings. The number of aryl methyl sites for hydroxylation is 2. The van der Waals surface area contributed by atoms with Crippen molar-refractivity contribution in [2.45, 2.75) is 27.7 Å². The molecule has 0 radical (unpaired) electrons. The number of rotatable bonds is 3. The quantitative estimate of drug-likeness (QED) is 0.281. The van der Waals surface area contributed by atoms with Crippen molar-refractivity contribution in [1.82, 2.24) is 9.88 Å². The minimum atomic E-state index is -0.564. The van der Waals surface area contributed by atoms with Crippen molar-refractivity contribution >= 4 is 56.8 Å². The first kappa shape index (κ1) is 23.1. The van der Waals surface area contributed by atoms with Gasteiger partial charge in [0.25, 0.3) is 11.8 Å². The fourth-order valence-electron chi connectivity index (χ4n) is 3.98. The number of nitrogens with zero attached hydrogens (tertiary/aromatic N) is 2. The highest BCUT2D eigenvalue weighted by molar-refractivity contribution is 9.10. The number of anilines is 1. The zero-order valence-electron chi connectivity index (χ0n) is 18.5. The van der Waals surface area contributed by atoms with E-state index in [2.05, 4.69) is 21.2 Å². The predicted octanol–water partition coefficient (Wildman–Crippen LogP) is 5.44. The van der Waals surface area contributed by atoms with E-state index in [0.717, 1.165) is 16.8 Å². The predicted molar refractivity (Wildman–Crippen MR) is 135 cm³/mol. The molecule has 1 aliphatic heterocycles. The van der Waals surface area contributed by atoms with Gasteiger partial charge in [-0.3, -0.25) is 19.8 Å². The lowest BCUT2D eigenvalue weighted by Crippen LogP contribution is -2.54. The van der Waals surface area contributed by atoms with E-state index in [1.165, 1.54) is 17.0 Å². The average Bonchev–Trinajstić information content (AvgIpc) is 3.01. The van der Waals surface area contributed by atoms with Crippen molar-refractivity contribution in [3.8, 4) is 5.69 Å². The van der Waals surface area contributed by atoms with Crippen LogP contribution >= 0.6 is 28.1 Å². The standard InChI is InChI=1S/C25H21BrFN3O2S/c1-13-6-5-7-21(15(13)3)30-24(32)19(23(31)28-25(30)33)11-17-10-14(2)29(16(17)4)22-9-8-18(26)12-20(22)27/h5-12H,1-4H3,(H,28,31,33)/b19-11+. The largest absolute Gasteiger partial charge is 0.315 e. The molecule has 2 amide bonds. The second-order valence-corrected chi connectivity index (χ2v) is 9.24. The Balaban J connectivity index is 1.80. The summed E-state index contributed by atoms with van der Waals surface area (Å²) in [6, 6.07) is 12.2. The molecule has 1 aromatic heterocycles. The lowest BCUT2D eigenvalue weighted by atomic mass is 10.0. The molecule has 0 atom stereocenters. The number of nitrogens with one attached hydrogen (secondary N) is 1. The Morgan fingerprint density at radius 2 is 1.76 bits per heavy atom. The molecule has 8 heteroatoms. The third-order valence-electron chi connectivity index (χ3n) is 5.84. The van der Waals surface area contributed by atoms with Crippen molar-refractivity contribution in [2.24, 2.45) is 0 Å². The number of aromatic nitrogens is 1. The first-order valence-electron chi connectivity index (χ1n) is 10.2. The van der Waals surface area contributed by atoms with Gasteiger partial charge in [-0.25, -0.2) is 4.39 Å². The normalized spacial score (nSPS) is 15.4. The average molecular weight is 526 g/mol. The van der Waals surface area contributed by atoms with Crippen molar-refractivity contribution in [1.29, 1.82) is 0 Å². The number of hydrogen-bond acceptors (Lipinski definition) is 3. The van der Waals surface area contributed by atoms with Gasteiger partial charge in [-0.05, 0) is 93.0 Å². The molecule has 5 nitrogen and oxygen atoms in total. The molecule has 0 unspecified atom stereocenters. The Morgan fingerprint density at radius 1 is 1.03 bits per heavy atom. The number of hydrogen-bond donors (Lipinski definition) is 1. The van der Waals surface area contributed by atoms with E-state index in [-0.39, 0.29) is 16.5 Å². The van der Waals surface area contributed by atoms with Crippen LogP contribution in [-0.4, -0.2) is 21.5 Å². The van der Waals surface area contributed by atoms with Gasteiger partial charge in [-0.15, -0.1) is 0 Å². The summed E-state index contributed by atoms with van der Waals surface area (Å²) in [5, 5.41) is 2.66. The van der Waals surface area contributed by atoms with E-state index in [1.807, 2.05) is 45.9 Å². The van der Waals surface area contributed by atoms with Crippen molar-refractivity contribution in [2.75, 3.05) is 4.90 Å². The van der Waals surface area contributed by atoms with Gasteiger partial charge >= 0.3 is 0 Å². The van der Waals surface area contributed by atoms with Gasteiger partial charge in [0, 0.05) is 15.9 Å². The van der Waals surface area contributed by atoms with E-state index >= 15 is 0 Å². The molecule has 33 heavy (non-hydrogen) atoms. The fraction of sp³-hybridized carbons (Fsp3) is 0.160. The van der Waals surface area contributed by atoms with E-state index in [1.54, 1.807) is 22.8 Å². The zero-order valence-corrected chi connectivity index (χ0v) is 20.9. The Labute approximate surface area is 205 Å². The summed E-state index contributed by atoms with van der Waals surface area (Å²) in [5.41, 5.74) is 4.98. The van der Waals surface area contributed by atoms with Crippen LogP contribution in [0.15, 0.2) is 52.5 Å². The van der Waals surface area contributed by atoms with Gasteiger partial charge in [0.15, 0.2) is 5.11 Å². The van der Waals surface area contributed by atoms with Crippen LogP contribution in [-0.2, 0) is 9.59 Å². The Hall–Kier alpha value is -3.10. The molecule has 1 aliphatic rings. The highest BCUT2D eigenvalue weighted by Gasteiger charge is 2.35. The monoisotopic (exact) mass is 525 g/mol. The van der Waals surface area contributed by atoms with Gasteiger partial charge in [0.2, 0.25) is 0 Å². The Bertz CT molecular complexity index is 1380. The molecular weight excluding hydrogens is 505 g/mol. The summed E-state index contributed by atoms with van der Waals surface area (Å²) in [7, 11) is 0. The highest BCUT2D eigenvalue weighted by atomic mass is 79.9. The smallest absolute Gasteiger partial charge is 0.270 e. The van der Waals surface area contributed by atoms with E-state index in [4.69, 9.17) is 12.2 Å².